The van der Waals surface area contributed by atoms with Crippen LogP contribution in [0.5, 0.6) is 0 Å². The molecule has 0 aliphatic heterocycles. The number of benzene rings is 1. The lowest BCUT2D eigenvalue weighted by Crippen LogP contribution is -2.12. The molecule has 27 heavy (non-hydrogen) atoms. The Morgan fingerprint density at radius 3 is 2.22 bits per heavy atom. The molecule has 0 aliphatic carbocycles. The van der Waals surface area contributed by atoms with E-state index in [9.17, 15) is 17.6 Å². The minimum atomic E-state index is -4.67. The van der Waals surface area contributed by atoms with E-state index in [-0.39, 0.29) is 5.02 Å². The predicted octanol–water partition coefficient (Wildman–Crippen LogP) is 6.66. The second-order valence-corrected chi connectivity index (χ2v) is 8.35. The number of H-pyrrole nitrogens is 1. The largest absolute Gasteiger partial charge is 0.434 e. The van der Waals surface area contributed by atoms with Crippen LogP contribution in [0, 0.1) is 13.2 Å². The summed E-state index contributed by atoms with van der Waals surface area (Å²) in [6, 6.07) is 5.25. The van der Waals surface area contributed by atoms with Gasteiger partial charge in [-0.05, 0) is 74.5 Å². The van der Waals surface area contributed by atoms with Crippen molar-refractivity contribution in [3.05, 3.63) is 76.4 Å². The number of imidazole rings is 1. The van der Waals surface area contributed by atoms with E-state index in [0.717, 1.165) is 9.90 Å². The Kier molecular flexibility index (Phi) is 6.23. The molecule has 11 heteroatoms. The Hall–Kier alpha value is -0.660. The Morgan fingerprint density at radius 1 is 1.04 bits per heavy atom. The van der Waals surface area contributed by atoms with Gasteiger partial charge in [0.05, 0.1) is 16.0 Å². The number of aromatic amines is 1. The van der Waals surface area contributed by atoms with Gasteiger partial charge in [0.2, 0.25) is 0 Å². The molecular formula is C16H7Cl2F4I2N3. The molecule has 0 spiro atoms. The molecule has 3 nitrogen and oxygen atoms in total. The normalized spacial score (nSPS) is 13.0. The number of pyridine rings is 1. The Balaban J connectivity index is 2.18. The third-order valence-electron chi connectivity index (χ3n) is 3.65. The zero-order chi connectivity index (χ0) is 19.9. The van der Waals surface area contributed by atoms with E-state index < -0.39 is 28.6 Å². The van der Waals surface area contributed by atoms with E-state index in [1.807, 2.05) is 45.2 Å². The highest BCUT2D eigenvalue weighted by atomic mass is 127. The lowest BCUT2D eigenvalue weighted by Gasteiger charge is -2.18. The third-order valence-corrected chi connectivity index (χ3v) is 6.82. The summed E-state index contributed by atoms with van der Waals surface area (Å²) in [5.74, 6) is -0.817. The molecule has 1 unspecified atom stereocenters. The molecule has 1 atom stereocenters. The Labute approximate surface area is 188 Å². The number of nitrogens with zero attached hydrogens (tertiary/aromatic N) is 2. The van der Waals surface area contributed by atoms with Crippen LogP contribution >= 0.6 is 68.4 Å². The molecule has 0 fully saturated rings. The second kappa shape index (κ2) is 7.99. The summed E-state index contributed by atoms with van der Waals surface area (Å²) in [5, 5.41) is -0.645. The van der Waals surface area contributed by atoms with Crippen molar-refractivity contribution in [3.8, 4) is 0 Å². The van der Waals surface area contributed by atoms with E-state index in [1.54, 1.807) is 0 Å². The van der Waals surface area contributed by atoms with Crippen molar-refractivity contribution in [1.29, 1.82) is 0 Å². The number of rotatable bonds is 3. The fourth-order valence-electron chi connectivity index (χ4n) is 2.50. The minimum Gasteiger partial charge on any atom is -0.336 e. The Bertz CT molecular complexity index is 988. The fourth-order valence-corrected chi connectivity index (χ4v) is 3.77. The molecule has 0 saturated heterocycles. The first-order valence-corrected chi connectivity index (χ1v) is 10.1. The van der Waals surface area contributed by atoms with Crippen LogP contribution in [-0.2, 0) is 6.18 Å². The number of alkyl halides is 3. The zero-order valence-corrected chi connectivity index (χ0v) is 18.7. The van der Waals surface area contributed by atoms with E-state index in [1.165, 1.54) is 24.3 Å². The maximum Gasteiger partial charge on any atom is 0.434 e. The van der Waals surface area contributed by atoms with Crippen molar-refractivity contribution in [1.82, 2.24) is 15.0 Å². The average Bonchev–Trinajstić information content (AvgIpc) is 2.88. The highest BCUT2D eigenvalue weighted by molar-refractivity contribution is 14.1. The number of halogens is 8. The van der Waals surface area contributed by atoms with Crippen LogP contribution in [0.15, 0.2) is 30.5 Å². The lowest BCUT2D eigenvalue weighted by atomic mass is 9.91. The van der Waals surface area contributed by atoms with Gasteiger partial charge in [0.1, 0.15) is 19.0 Å². The number of aromatic nitrogens is 3. The maximum absolute atomic E-state index is 13.6. The van der Waals surface area contributed by atoms with E-state index in [0.29, 0.717) is 20.7 Å². The summed E-state index contributed by atoms with van der Waals surface area (Å²) in [5.41, 5.74) is -0.287. The topological polar surface area (TPSA) is 41.6 Å². The highest BCUT2D eigenvalue weighted by Crippen LogP contribution is 2.38. The SMILES string of the molecule is Fc1ccc(C(c2cnc(C(F)(F)F)c(Cl)c2)c2nc(I)c(I)[nH]2)cc1Cl. The summed E-state index contributed by atoms with van der Waals surface area (Å²) < 4.78 is 53.9. The van der Waals surface area contributed by atoms with Crippen molar-refractivity contribution < 1.29 is 17.6 Å². The van der Waals surface area contributed by atoms with Gasteiger partial charge in [-0.1, -0.05) is 29.3 Å². The van der Waals surface area contributed by atoms with Gasteiger partial charge < -0.3 is 4.98 Å². The highest BCUT2D eigenvalue weighted by Gasteiger charge is 2.36. The quantitative estimate of drug-likeness (QED) is 0.257. The van der Waals surface area contributed by atoms with E-state index in [2.05, 4.69) is 15.0 Å². The fraction of sp³-hybridized carbons (Fsp3) is 0.125. The van der Waals surface area contributed by atoms with Crippen LogP contribution in [-0.4, -0.2) is 15.0 Å². The molecule has 0 amide bonds. The van der Waals surface area contributed by atoms with Gasteiger partial charge in [-0.15, -0.1) is 0 Å². The van der Waals surface area contributed by atoms with Gasteiger partial charge >= 0.3 is 6.18 Å². The maximum atomic E-state index is 13.6. The molecular weight excluding hydrogens is 635 g/mol. The number of hydrogen-bond donors (Lipinski definition) is 1. The first kappa shape index (κ1) is 21.1. The van der Waals surface area contributed by atoms with Crippen molar-refractivity contribution in [2.75, 3.05) is 0 Å². The first-order chi connectivity index (χ1) is 12.6. The molecule has 0 saturated carbocycles. The van der Waals surface area contributed by atoms with Crippen LogP contribution in [0.25, 0.3) is 0 Å². The summed E-state index contributed by atoms with van der Waals surface area (Å²) in [6.45, 7) is 0. The van der Waals surface area contributed by atoms with Crippen molar-refractivity contribution in [2.24, 2.45) is 0 Å². The van der Waals surface area contributed by atoms with Gasteiger partial charge in [-0.25, -0.2) is 9.37 Å². The second-order valence-electron chi connectivity index (χ2n) is 5.43. The number of hydrogen-bond acceptors (Lipinski definition) is 2. The van der Waals surface area contributed by atoms with Gasteiger partial charge in [0.25, 0.3) is 0 Å². The molecule has 1 aromatic carbocycles. The molecule has 2 heterocycles. The zero-order valence-electron chi connectivity index (χ0n) is 12.9. The molecule has 142 valence electrons. The standard InChI is InChI=1S/C16H7Cl2F4I2N3/c17-8-3-6(1-2-10(8)19)11(15-26-13(23)14(24)27-15)7-4-9(18)12(25-5-7)16(20,21)22/h1-5,11H,(H,26,27). The van der Waals surface area contributed by atoms with E-state index >= 15 is 0 Å². The van der Waals surface area contributed by atoms with Crippen LogP contribution in [0.3, 0.4) is 0 Å². The monoisotopic (exact) mass is 641 g/mol. The lowest BCUT2D eigenvalue weighted by molar-refractivity contribution is -0.141. The van der Waals surface area contributed by atoms with Gasteiger partial charge in [-0.3, -0.25) is 4.98 Å². The summed E-state index contributed by atoms with van der Waals surface area (Å²) in [6.07, 6.45) is -3.58. The third kappa shape index (κ3) is 4.51. The number of nitrogens with one attached hydrogen (secondary N) is 1. The molecule has 0 radical (unpaired) electrons. The van der Waals surface area contributed by atoms with Crippen molar-refractivity contribution >= 4 is 68.4 Å². The molecule has 0 aliphatic rings. The summed E-state index contributed by atoms with van der Waals surface area (Å²) >= 11 is 15.8. The Morgan fingerprint density at radius 2 is 1.70 bits per heavy atom. The van der Waals surface area contributed by atoms with Gasteiger partial charge in [0, 0.05) is 6.20 Å². The van der Waals surface area contributed by atoms with Crippen LogP contribution in [0.4, 0.5) is 17.6 Å². The van der Waals surface area contributed by atoms with Gasteiger partial charge in [-0.2, -0.15) is 13.2 Å². The van der Waals surface area contributed by atoms with Crippen LogP contribution < -0.4 is 0 Å². The molecule has 0 bridgehead atoms. The predicted molar refractivity (Wildman–Crippen MR) is 111 cm³/mol. The van der Waals surface area contributed by atoms with Crippen LogP contribution in [0.1, 0.15) is 28.6 Å². The van der Waals surface area contributed by atoms with Crippen LogP contribution in [0.2, 0.25) is 10.0 Å². The minimum absolute atomic E-state index is 0.112. The molecule has 2 aromatic heterocycles. The average molecular weight is 642 g/mol. The first-order valence-electron chi connectivity index (χ1n) is 7.16. The van der Waals surface area contributed by atoms with Crippen molar-refractivity contribution in [3.63, 3.8) is 0 Å². The summed E-state index contributed by atoms with van der Waals surface area (Å²) in [7, 11) is 0. The molecule has 3 rings (SSSR count). The van der Waals surface area contributed by atoms with Crippen molar-refractivity contribution in [2.45, 2.75) is 12.1 Å². The van der Waals surface area contributed by atoms with E-state index in [4.69, 9.17) is 23.2 Å². The summed E-state index contributed by atoms with van der Waals surface area (Å²) in [4.78, 5) is 11.0. The molecule has 1 N–H and O–H groups in total. The van der Waals surface area contributed by atoms with Gasteiger partial charge in [0.15, 0.2) is 5.69 Å². The smallest absolute Gasteiger partial charge is 0.336 e. The molecule has 3 aromatic rings.